The second-order valence-electron chi connectivity index (χ2n) is 9.74. The second kappa shape index (κ2) is 12.3. The van der Waals surface area contributed by atoms with Gasteiger partial charge in [0.1, 0.15) is 17.4 Å². The fourth-order valence-corrected chi connectivity index (χ4v) is 5.31. The zero-order valence-electron chi connectivity index (χ0n) is 22.8. The molecule has 40 heavy (non-hydrogen) atoms. The van der Waals surface area contributed by atoms with Gasteiger partial charge in [0.15, 0.2) is 0 Å². The number of hydrogen-bond donors (Lipinski definition) is 1. The normalized spacial score (nSPS) is 13.9. The Morgan fingerprint density at radius 3 is 2.35 bits per heavy atom. The molecule has 0 spiro atoms. The summed E-state index contributed by atoms with van der Waals surface area (Å²) in [6, 6.07) is 14.9. The van der Waals surface area contributed by atoms with Crippen molar-refractivity contribution in [2.45, 2.75) is 19.8 Å². The van der Waals surface area contributed by atoms with Gasteiger partial charge in [0.2, 0.25) is 12.3 Å². The molecule has 1 saturated heterocycles. The molecule has 7 nitrogen and oxygen atoms in total. The minimum Gasteiger partial charge on any atom is -0.507 e. The van der Waals surface area contributed by atoms with Crippen LogP contribution in [0.1, 0.15) is 30.9 Å². The smallest absolute Gasteiger partial charge is 0.246 e. The van der Waals surface area contributed by atoms with Gasteiger partial charge in [-0.1, -0.05) is 56.3 Å². The van der Waals surface area contributed by atoms with Gasteiger partial charge in [-0.2, -0.15) is 0 Å². The van der Waals surface area contributed by atoms with E-state index in [1.807, 2.05) is 43.0 Å². The Bertz CT molecular complexity index is 1440. The van der Waals surface area contributed by atoms with E-state index in [9.17, 15) is 19.1 Å². The molecule has 0 unspecified atom stereocenters. The van der Waals surface area contributed by atoms with Crippen molar-refractivity contribution in [2.24, 2.45) is 4.99 Å². The quantitative estimate of drug-likeness (QED) is 0.166. The van der Waals surface area contributed by atoms with Crippen molar-refractivity contribution in [1.82, 2.24) is 9.80 Å². The zero-order valence-corrected chi connectivity index (χ0v) is 23.5. The summed E-state index contributed by atoms with van der Waals surface area (Å²) in [5, 5.41) is 10.7. The first-order chi connectivity index (χ1) is 19.2. The van der Waals surface area contributed by atoms with Crippen LogP contribution in [0.5, 0.6) is 5.75 Å². The minimum absolute atomic E-state index is 0.0603. The number of benzene rings is 3. The molecule has 208 valence electrons. The molecule has 3 aromatic rings. The number of anilines is 2. The van der Waals surface area contributed by atoms with Gasteiger partial charge in [0.25, 0.3) is 0 Å². The fraction of sp³-hybridized carbons (Fsp3) is 0.258. The van der Waals surface area contributed by atoms with Crippen molar-refractivity contribution >= 4 is 41.1 Å². The first-order valence-electron chi connectivity index (χ1n) is 13.0. The predicted octanol–water partition coefficient (Wildman–Crippen LogP) is 5.98. The number of carbonyl (C=O) groups excluding carboxylic acids is 2. The number of para-hydroxylation sites is 1. The largest absolute Gasteiger partial charge is 0.507 e. The Balaban J connectivity index is 1.92. The SMILES string of the molecule is C=CC(=O)N1CCN(/C(=N/C)c2cc(Cl)c(-c3c(O)cccc3F)cc2N(C=O)c2ccccc2C(C)C)CC1. The standard InChI is InChI=1S/C31H32ClFN4O3/c1-5-29(40)35-13-15-36(16-14-35)31(34-4)23-17-24(32)22(30-25(33)10-8-12-28(30)39)18-27(23)37(19-38)26-11-7-6-9-21(26)20(2)3/h5-12,17-20,39H,1,13-16H2,2-4H3/b34-31+. The number of piperazine rings is 1. The summed E-state index contributed by atoms with van der Waals surface area (Å²) in [5.41, 5.74) is 2.77. The molecule has 1 heterocycles. The lowest BCUT2D eigenvalue weighted by Gasteiger charge is -2.37. The van der Waals surface area contributed by atoms with Crippen molar-refractivity contribution < 1.29 is 19.1 Å². The molecule has 0 atom stereocenters. The maximum atomic E-state index is 15.0. The highest BCUT2D eigenvalue weighted by Crippen LogP contribution is 2.42. The fourth-order valence-electron chi connectivity index (χ4n) is 5.05. The number of halogens is 2. The average molecular weight is 563 g/mol. The van der Waals surface area contributed by atoms with Crippen LogP contribution in [0.3, 0.4) is 0 Å². The first kappa shape index (κ1) is 28.8. The van der Waals surface area contributed by atoms with Crippen LogP contribution in [0.25, 0.3) is 11.1 Å². The van der Waals surface area contributed by atoms with Crippen LogP contribution in [-0.4, -0.2) is 66.3 Å². The van der Waals surface area contributed by atoms with E-state index in [1.54, 1.807) is 24.1 Å². The number of carbonyl (C=O) groups is 2. The Labute approximate surface area is 238 Å². The lowest BCUT2D eigenvalue weighted by Crippen LogP contribution is -2.50. The molecule has 0 radical (unpaired) electrons. The van der Waals surface area contributed by atoms with Crippen LogP contribution in [0.2, 0.25) is 5.02 Å². The van der Waals surface area contributed by atoms with Crippen molar-refractivity contribution in [3.8, 4) is 16.9 Å². The number of amides is 2. The summed E-state index contributed by atoms with van der Waals surface area (Å²) in [5.74, 6) is -0.369. The average Bonchev–Trinajstić information content (AvgIpc) is 2.95. The topological polar surface area (TPSA) is 76.5 Å². The zero-order chi connectivity index (χ0) is 29.0. The molecule has 1 aliphatic rings. The summed E-state index contributed by atoms with van der Waals surface area (Å²) in [6.07, 6.45) is 2.01. The molecular formula is C31H32ClFN4O3. The third-order valence-electron chi connectivity index (χ3n) is 7.05. The highest BCUT2D eigenvalue weighted by molar-refractivity contribution is 6.34. The number of amidine groups is 1. The molecule has 0 aliphatic carbocycles. The number of nitrogens with zero attached hydrogens (tertiary/aromatic N) is 4. The summed E-state index contributed by atoms with van der Waals surface area (Å²) in [6.45, 7) is 9.60. The molecule has 0 aromatic heterocycles. The Kier molecular flexibility index (Phi) is 8.90. The van der Waals surface area contributed by atoms with Gasteiger partial charge in [0.05, 0.1) is 16.9 Å². The molecule has 4 rings (SSSR count). The lowest BCUT2D eigenvalue weighted by atomic mass is 9.97. The van der Waals surface area contributed by atoms with Gasteiger partial charge in [-0.25, -0.2) is 4.39 Å². The highest BCUT2D eigenvalue weighted by Gasteiger charge is 2.28. The number of aliphatic imine (C=N–C) groups is 1. The van der Waals surface area contributed by atoms with Gasteiger partial charge in [-0.3, -0.25) is 19.5 Å². The second-order valence-corrected chi connectivity index (χ2v) is 10.1. The predicted molar refractivity (Wildman–Crippen MR) is 158 cm³/mol. The van der Waals surface area contributed by atoms with Crippen LogP contribution in [0, 0.1) is 5.82 Å². The summed E-state index contributed by atoms with van der Waals surface area (Å²) in [7, 11) is 1.65. The first-order valence-corrected chi connectivity index (χ1v) is 13.4. The lowest BCUT2D eigenvalue weighted by molar-refractivity contribution is -0.127. The summed E-state index contributed by atoms with van der Waals surface area (Å²) in [4.78, 5) is 34.7. The highest BCUT2D eigenvalue weighted by atomic mass is 35.5. The Hall–Kier alpha value is -4.17. The molecule has 3 aromatic carbocycles. The number of rotatable bonds is 7. The Morgan fingerprint density at radius 1 is 1.07 bits per heavy atom. The number of phenols is 1. The number of phenolic OH excluding ortho intramolecular Hbond substituents is 1. The maximum absolute atomic E-state index is 15.0. The summed E-state index contributed by atoms with van der Waals surface area (Å²) >= 11 is 6.76. The molecule has 0 saturated carbocycles. The van der Waals surface area contributed by atoms with E-state index in [1.165, 1.54) is 29.2 Å². The number of aromatic hydroxyl groups is 1. The van der Waals surface area contributed by atoms with Crippen LogP contribution >= 0.6 is 11.6 Å². The molecular weight excluding hydrogens is 531 g/mol. The van der Waals surface area contributed by atoms with E-state index in [0.29, 0.717) is 55.4 Å². The third kappa shape index (κ3) is 5.58. The van der Waals surface area contributed by atoms with E-state index in [0.717, 1.165) is 5.56 Å². The van der Waals surface area contributed by atoms with Crippen molar-refractivity contribution in [2.75, 3.05) is 38.1 Å². The van der Waals surface area contributed by atoms with Crippen LogP contribution in [0.15, 0.2) is 72.2 Å². The number of hydrogen-bond acceptors (Lipinski definition) is 4. The van der Waals surface area contributed by atoms with Crippen LogP contribution < -0.4 is 4.90 Å². The molecule has 1 N–H and O–H groups in total. The van der Waals surface area contributed by atoms with E-state index < -0.39 is 5.82 Å². The molecule has 1 fully saturated rings. The third-order valence-corrected chi connectivity index (χ3v) is 7.36. The van der Waals surface area contributed by atoms with E-state index in [4.69, 9.17) is 11.6 Å². The minimum atomic E-state index is -0.645. The van der Waals surface area contributed by atoms with Gasteiger partial charge in [0, 0.05) is 49.4 Å². The molecule has 2 amide bonds. The Morgan fingerprint density at radius 2 is 1.75 bits per heavy atom. The van der Waals surface area contributed by atoms with Gasteiger partial charge >= 0.3 is 0 Å². The van der Waals surface area contributed by atoms with Crippen molar-refractivity contribution in [3.63, 3.8) is 0 Å². The van der Waals surface area contributed by atoms with E-state index in [2.05, 4.69) is 11.6 Å². The van der Waals surface area contributed by atoms with Crippen molar-refractivity contribution in [1.29, 1.82) is 0 Å². The maximum Gasteiger partial charge on any atom is 0.246 e. The molecule has 9 heteroatoms. The van der Waals surface area contributed by atoms with E-state index in [-0.39, 0.29) is 33.7 Å². The molecule has 1 aliphatic heterocycles. The summed E-state index contributed by atoms with van der Waals surface area (Å²) < 4.78 is 15.0. The van der Waals surface area contributed by atoms with Crippen LogP contribution in [0.4, 0.5) is 15.8 Å². The van der Waals surface area contributed by atoms with Gasteiger partial charge in [-0.05, 0) is 47.9 Å². The van der Waals surface area contributed by atoms with Gasteiger partial charge in [-0.15, -0.1) is 0 Å². The molecule has 0 bridgehead atoms. The van der Waals surface area contributed by atoms with Crippen molar-refractivity contribution in [3.05, 3.63) is 89.2 Å². The van der Waals surface area contributed by atoms with Gasteiger partial charge < -0.3 is 14.9 Å². The van der Waals surface area contributed by atoms with E-state index >= 15 is 0 Å². The van der Waals surface area contributed by atoms with Crippen LogP contribution in [-0.2, 0) is 9.59 Å². The monoisotopic (exact) mass is 562 g/mol.